The minimum atomic E-state index is 0.437. The maximum atomic E-state index is 6.00. The molecule has 0 unspecified atom stereocenters. The standard InChI is InChI=1S/C13H17N3OS/c1-2-4-10-5-3-6-12(14)11(10)9-17-13-7-8-16(18)15-13/h3,5-8,18H,2,4,9,14H2,1H3. The van der Waals surface area contributed by atoms with Crippen LogP contribution in [0.15, 0.2) is 30.5 Å². The number of aryl methyl sites for hydroxylation is 1. The minimum Gasteiger partial charge on any atom is -0.472 e. The zero-order valence-corrected chi connectivity index (χ0v) is 11.2. The van der Waals surface area contributed by atoms with Gasteiger partial charge in [0, 0.05) is 23.5 Å². The SMILES string of the molecule is CCCc1cccc(N)c1COc1ccn(S)n1. The number of thiol groups is 1. The van der Waals surface area contributed by atoms with E-state index in [-0.39, 0.29) is 0 Å². The van der Waals surface area contributed by atoms with Crippen molar-refractivity contribution in [3.8, 4) is 5.88 Å². The van der Waals surface area contributed by atoms with E-state index < -0.39 is 0 Å². The van der Waals surface area contributed by atoms with E-state index in [0.29, 0.717) is 12.5 Å². The number of hydrogen-bond acceptors (Lipinski definition) is 4. The van der Waals surface area contributed by atoms with Gasteiger partial charge in [-0.25, -0.2) is 4.09 Å². The Kier molecular flexibility index (Phi) is 4.15. The molecule has 96 valence electrons. The number of nitrogens with zero attached hydrogens (tertiary/aromatic N) is 2. The van der Waals surface area contributed by atoms with Crippen molar-refractivity contribution >= 4 is 18.5 Å². The van der Waals surface area contributed by atoms with Crippen molar-refractivity contribution in [1.29, 1.82) is 0 Å². The van der Waals surface area contributed by atoms with E-state index in [1.807, 2.05) is 12.1 Å². The largest absolute Gasteiger partial charge is 0.472 e. The number of aromatic nitrogens is 2. The Labute approximate surface area is 112 Å². The topological polar surface area (TPSA) is 53.1 Å². The highest BCUT2D eigenvalue weighted by molar-refractivity contribution is 7.78. The van der Waals surface area contributed by atoms with Gasteiger partial charge in [0.1, 0.15) is 6.61 Å². The van der Waals surface area contributed by atoms with Crippen molar-refractivity contribution in [2.24, 2.45) is 0 Å². The van der Waals surface area contributed by atoms with Crippen molar-refractivity contribution < 1.29 is 4.74 Å². The van der Waals surface area contributed by atoms with Gasteiger partial charge in [-0.15, -0.1) is 5.10 Å². The Balaban J connectivity index is 2.12. The van der Waals surface area contributed by atoms with Crippen LogP contribution in [-0.2, 0) is 13.0 Å². The van der Waals surface area contributed by atoms with Crippen LogP contribution in [0.25, 0.3) is 0 Å². The monoisotopic (exact) mass is 263 g/mol. The first-order valence-electron chi connectivity index (χ1n) is 5.94. The molecule has 0 saturated carbocycles. The second kappa shape index (κ2) is 5.82. The van der Waals surface area contributed by atoms with E-state index >= 15 is 0 Å². The molecule has 0 fully saturated rings. The van der Waals surface area contributed by atoms with Gasteiger partial charge in [-0.1, -0.05) is 25.5 Å². The number of nitrogen functional groups attached to an aromatic ring is 1. The van der Waals surface area contributed by atoms with E-state index in [0.717, 1.165) is 24.1 Å². The molecule has 2 aromatic rings. The lowest BCUT2D eigenvalue weighted by molar-refractivity contribution is 0.292. The van der Waals surface area contributed by atoms with Gasteiger partial charge in [-0.3, -0.25) is 0 Å². The Morgan fingerprint density at radius 2 is 2.22 bits per heavy atom. The molecule has 4 nitrogen and oxygen atoms in total. The summed E-state index contributed by atoms with van der Waals surface area (Å²) in [6.07, 6.45) is 3.81. The van der Waals surface area contributed by atoms with Crippen LogP contribution in [0, 0.1) is 0 Å². The Hall–Kier alpha value is -1.62. The lowest BCUT2D eigenvalue weighted by Gasteiger charge is -2.11. The van der Waals surface area contributed by atoms with Crippen LogP contribution in [0.3, 0.4) is 0 Å². The molecule has 0 aliphatic carbocycles. The summed E-state index contributed by atoms with van der Waals surface area (Å²) in [5.41, 5.74) is 9.06. The lowest BCUT2D eigenvalue weighted by atomic mass is 10.0. The molecule has 2 rings (SSSR count). The second-order valence-electron chi connectivity index (χ2n) is 4.10. The molecule has 5 heteroatoms. The van der Waals surface area contributed by atoms with Crippen LogP contribution < -0.4 is 10.5 Å². The van der Waals surface area contributed by atoms with Crippen LogP contribution in [0.4, 0.5) is 5.69 Å². The fourth-order valence-corrected chi connectivity index (χ4v) is 2.01. The summed E-state index contributed by atoms with van der Waals surface area (Å²) in [5.74, 6) is 0.552. The quantitative estimate of drug-likeness (QED) is 0.644. The molecular formula is C13H17N3OS. The number of ether oxygens (including phenoxy) is 1. The summed E-state index contributed by atoms with van der Waals surface area (Å²) in [6.45, 7) is 2.59. The summed E-state index contributed by atoms with van der Waals surface area (Å²) < 4.78 is 7.03. The molecule has 0 aliphatic rings. The van der Waals surface area contributed by atoms with Gasteiger partial charge in [0.25, 0.3) is 0 Å². The van der Waals surface area contributed by atoms with Crippen LogP contribution in [0.1, 0.15) is 24.5 Å². The summed E-state index contributed by atoms with van der Waals surface area (Å²) in [5, 5.41) is 4.05. The zero-order valence-electron chi connectivity index (χ0n) is 10.3. The number of nitrogens with two attached hydrogens (primary N) is 1. The van der Waals surface area contributed by atoms with Gasteiger partial charge < -0.3 is 10.5 Å². The predicted molar refractivity (Wildman–Crippen MR) is 75.8 cm³/mol. The molecule has 1 aromatic carbocycles. The molecule has 0 atom stereocenters. The van der Waals surface area contributed by atoms with Crippen molar-refractivity contribution in [1.82, 2.24) is 9.19 Å². The highest BCUT2D eigenvalue weighted by atomic mass is 32.1. The number of rotatable bonds is 5. The second-order valence-corrected chi connectivity index (χ2v) is 4.51. The normalized spacial score (nSPS) is 10.6. The van der Waals surface area contributed by atoms with Crippen molar-refractivity contribution in [3.63, 3.8) is 0 Å². The molecule has 1 aromatic heterocycles. The maximum absolute atomic E-state index is 6.00. The third-order valence-corrected chi connectivity index (χ3v) is 2.97. The lowest BCUT2D eigenvalue weighted by Crippen LogP contribution is -2.05. The summed E-state index contributed by atoms with van der Waals surface area (Å²) in [7, 11) is 0. The molecule has 0 bridgehead atoms. The fourth-order valence-electron chi connectivity index (χ4n) is 1.86. The number of hydrogen-bond donors (Lipinski definition) is 2. The van der Waals surface area contributed by atoms with Gasteiger partial charge in [0.15, 0.2) is 0 Å². The summed E-state index contributed by atoms with van der Waals surface area (Å²) in [4.78, 5) is 0. The van der Waals surface area contributed by atoms with E-state index in [1.54, 1.807) is 12.3 Å². The first-order chi connectivity index (χ1) is 8.70. The predicted octanol–water partition coefficient (Wildman–Crippen LogP) is 2.69. The van der Waals surface area contributed by atoms with E-state index in [2.05, 4.69) is 30.9 Å². The van der Waals surface area contributed by atoms with Gasteiger partial charge in [-0.05, 0) is 30.9 Å². The molecule has 0 amide bonds. The van der Waals surface area contributed by atoms with Gasteiger partial charge >= 0.3 is 0 Å². The molecule has 1 heterocycles. The van der Waals surface area contributed by atoms with Crippen molar-refractivity contribution in [2.75, 3.05) is 5.73 Å². The Morgan fingerprint density at radius 3 is 2.89 bits per heavy atom. The highest BCUT2D eigenvalue weighted by Crippen LogP contribution is 2.20. The van der Waals surface area contributed by atoms with Crippen LogP contribution >= 0.6 is 12.8 Å². The fraction of sp³-hybridized carbons (Fsp3) is 0.308. The number of anilines is 1. The van der Waals surface area contributed by atoms with Crippen molar-refractivity contribution in [3.05, 3.63) is 41.6 Å². The molecule has 0 spiro atoms. The smallest absolute Gasteiger partial charge is 0.234 e. The molecule has 18 heavy (non-hydrogen) atoms. The molecular weight excluding hydrogens is 246 g/mol. The van der Waals surface area contributed by atoms with Gasteiger partial charge in [-0.2, -0.15) is 0 Å². The molecule has 0 saturated heterocycles. The van der Waals surface area contributed by atoms with E-state index in [4.69, 9.17) is 10.5 Å². The third kappa shape index (κ3) is 2.98. The average molecular weight is 263 g/mol. The Morgan fingerprint density at radius 1 is 1.39 bits per heavy atom. The molecule has 2 N–H and O–H groups in total. The molecule has 0 radical (unpaired) electrons. The van der Waals surface area contributed by atoms with Crippen LogP contribution in [0.2, 0.25) is 0 Å². The summed E-state index contributed by atoms with van der Waals surface area (Å²) >= 11 is 4.06. The first kappa shape index (κ1) is 12.8. The average Bonchev–Trinajstić information content (AvgIpc) is 2.75. The van der Waals surface area contributed by atoms with Crippen LogP contribution in [0.5, 0.6) is 5.88 Å². The van der Waals surface area contributed by atoms with E-state index in [1.165, 1.54) is 9.65 Å². The highest BCUT2D eigenvalue weighted by Gasteiger charge is 2.07. The van der Waals surface area contributed by atoms with Gasteiger partial charge in [0.2, 0.25) is 5.88 Å². The first-order valence-corrected chi connectivity index (χ1v) is 6.34. The Bertz CT molecular complexity index is 525. The van der Waals surface area contributed by atoms with Crippen LogP contribution in [-0.4, -0.2) is 9.19 Å². The van der Waals surface area contributed by atoms with Gasteiger partial charge in [0.05, 0.1) is 0 Å². The third-order valence-electron chi connectivity index (χ3n) is 2.74. The zero-order chi connectivity index (χ0) is 13.0. The van der Waals surface area contributed by atoms with E-state index in [9.17, 15) is 0 Å². The van der Waals surface area contributed by atoms with Crippen molar-refractivity contribution in [2.45, 2.75) is 26.4 Å². The number of benzene rings is 1. The molecule has 0 aliphatic heterocycles. The summed E-state index contributed by atoms with van der Waals surface area (Å²) in [6, 6.07) is 7.74. The minimum absolute atomic E-state index is 0.437. The maximum Gasteiger partial charge on any atom is 0.234 e.